The van der Waals surface area contributed by atoms with Crippen LogP contribution in [0.2, 0.25) is 0 Å². The first-order valence-corrected chi connectivity index (χ1v) is 4.10. The maximum atomic E-state index is 11.3. The number of hydroxylamine groups is 2. The third-order valence-corrected chi connectivity index (χ3v) is 1.71. The molecule has 88 valence electrons. The molecule has 0 N–H and O–H groups in total. The van der Waals surface area contributed by atoms with Gasteiger partial charge in [-0.2, -0.15) is 4.99 Å². The van der Waals surface area contributed by atoms with Crippen LogP contribution in [0.1, 0.15) is 6.92 Å². The van der Waals surface area contributed by atoms with E-state index in [4.69, 9.17) is 9.47 Å². The Hall–Kier alpha value is -1.02. The van der Waals surface area contributed by atoms with Crippen LogP contribution in [-0.2, 0) is 19.1 Å². The second-order valence-corrected chi connectivity index (χ2v) is 2.59. The largest absolute Gasteiger partial charge is 0.392 e. The number of carbonyl (C=O) groups excluding carboxylic acids is 1. The van der Waals surface area contributed by atoms with Crippen molar-refractivity contribution in [3.63, 3.8) is 0 Å². The molecule has 0 aliphatic carbocycles. The molecule has 0 saturated heterocycles. The summed E-state index contributed by atoms with van der Waals surface area (Å²) < 4.78 is 9.92. The van der Waals surface area contributed by atoms with Crippen LogP contribution in [0, 0.1) is 0 Å². The number of hydrogen-bond acceptors (Lipinski definition) is 5. The second-order valence-electron chi connectivity index (χ2n) is 2.59. The van der Waals surface area contributed by atoms with E-state index in [0.717, 1.165) is 0 Å². The van der Waals surface area contributed by atoms with Crippen LogP contribution in [0.3, 0.4) is 0 Å². The zero-order chi connectivity index (χ0) is 11.9. The van der Waals surface area contributed by atoms with Gasteiger partial charge < -0.3 is 9.47 Å². The van der Waals surface area contributed by atoms with Gasteiger partial charge in [-0.25, -0.2) is 14.5 Å². The Morgan fingerprint density at radius 3 is 2.00 bits per heavy atom. The molecule has 0 aliphatic heterocycles. The second kappa shape index (κ2) is 6.46. The standard InChI is InChI=1S/C8H16N2O5/c1-8(12-2,13-3)6-9-7(11)10(14-4)15-5/h6H,1-5H3. The molecule has 0 unspecified atom stereocenters. The van der Waals surface area contributed by atoms with Gasteiger partial charge in [0.1, 0.15) is 0 Å². The van der Waals surface area contributed by atoms with Crippen molar-refractivity contribution >= 4 is 12.2 Å². The van der Waals surface area contributed by atoms with Crippen molar-refractivity contribution < 1.29 is 23.9 Å². The molecule has 0 radical (unpaired) electrons. The molecule has 7 heteroatoms. The first kappa shape index (κ1) is 14.0. The summed E-state index contributed by atoms with van der Waals surface area (Å²) in [5.41, 5.74) is 0. The molecule has 0 atom stereocenters. The third kappa shape index (κ3) is 4.34. The van der Waals surface area contributed by atoms with Crippen LogP contribution < -0.4 is 0 Å². The number of ether oxygens (including phenoxy) is 2. The summed E-state index contributed by atoms with van der Waals surface area (Å²) in [5.74, 6) is -1.05. The van der Waals surface area contributed by atoms with Gasteiger partial charge in [0, 0.05) is 14.2 Å². The molecule has 15 heavy (non-hydrogen) atoms. The molecule has 0 aromatic carbocycles. The lowest BCUT2D eigenvalue weighted by molar-refractivity contribution is -0.296. The molecule has 0 fully saturated rings. The predicted octanol–water partition coefficient (Wildman–Crippen LogP) is 0.611. The molecule has 0 aromatic rings. The molecular weight excluding hydrogens is 204 g/mol. The van der Waals surface area contributed by atoms with Crippen molar-refractivity contribution in [2.45, 2.75) is 12.7 Å². The summed E-state index contributed by atoms with van der Waals surface area (Å²) in [6.07, 6.45) is 1.21. The van der Waals surface area contributed by atoms with Gasteiger partial charge in [-0.05, 0) is 6.92 Å². The minimum atomic E-state index is -1.05. The van der Waals surface area contributed by atoms with Gasteiger partial charge >= 0.3 is 6.03 Å². The number of aliphatic imine (C=N–C) groups is 1. The van der Waals surface area contributed by atoms with Crippen LogP contribution in [0.25, 0.3) is 0 Å². The van der Waals surface area contributed by atoms with Crippen molar-refractivity contribution in [2.75, 3.05) is 28.4 Å². The maximum Gasteiger partial charge on any atom is 0.392 e. The van der Waals surface area contributed by atoms with Gasteiger partial charge in [-0.1, -0.05) is 5.23 Å². The predicted molar refractivity (Wildman–Crippen MR) is 52.2 cm³/mol. The van der Waals surface area contributed by atoms with Crippen LogP contribution in [0.4, 0.5) is 4.79 Å². The summed E-state index contributed by atoms with van der Waals surface area (Å²) in [4.78, 5) is 23.9. The summed E-state index contributed by atoms with van der Waals surface area (Å²) in [5, 5.41) is 0.613. The van der Waals surface area contributed by atoms with E-state index in [1.165, 1.54) is 34.7 Å². The molecular formula is C8H16N2O5. The lowest BCUT2D eigenvalue weighted by Gasteiger charge is -2.21. The molecule has 0 bridgehead atoms. The van der Waals surface area contributed by atoms with Crippen LogP contribution in [0.15, 0.2) is 4.99 Å². The molecule has 0 aromatic heterocycles. The first-order valence-electron chi connectivity index (χ1n) is 4.10. The third-order valence-electron chi connectivity index (χ3n) is 1.71. The van der Waals surface area contributed by atoms with E-state index < -0.39 is 11.8 Å². The molecule has 0 saturated carbocycles. The first-order chi connectivity index (χ1) is 7.02. The summed E-state index contributed by atoms with van der Waals surface area (Å²) in [6.45, 7) is 1.60. The Balaban J connectivity index is 4.44. The number of hydrogen-bond donors (Lipinski definition) is 0. The molecule has 0 rings (SSSR count). The van der Waals surface area contributed by atoms with Crippen molar-refractivity contribution in [2.24, 2.45) is 4.99 Å². The fraction of sp³-hybridized carbons (Fsp3) is 0.750. The van der Waals surface area contributed by atoms with Gasteiger partial charge in [0.2, 0.25) is 5.79 Å². The molecule has 0 aliphatic rings. The summed E-state index contributed by atoms with van der Waals surface area (Å²) >= 11 is 0. The average Bonchev–Trinajstić information content (AvgIpc) is 2.27. The highest BCUT2D eigenvalue weighted by atomic mass is 16.9. The van der Waals surface area contributed by atoms with Crippen molar-refractivity contribution in [1.29, 1.82) is 0 Å². The normalized spacial score (nSPS) is 12.1. The monoisotopic (exact) mass is 220 g/mol. The number of nitrogens with zero attached hydrogens (tertiary/aromatic N) is 2. The molecule has 2 amide bonds. The lowest BCUT2D eigenvalue weighted by atomic mass is 10.3. The van der Waals surface area contributed by atoms with E-state index in [-0.39, 0.29) is 0 Å². The molecule has 0 spiro atoms. The quantitative estimate of drug-likeness (QED) is 0.385. The zero-order valence-corrected chi connectivity index (χ0v) is 9.51. The van der Waals surface area contributed by atoms with Gasteiger partial charge in [0.25, 0.3) is 0 Å². The Morgan fingerprint density at radius 1 is 1.20 bits per heavy atom. The Morgan fingerprint density at radius 2 is 1.67 bits per heavy atom. The molecule has 0 heterocycles. The van der Waals surface area contributed by atoms with Crippen molar-refractivity contribution in [1.82, 2.24) is 5.23 Å². The Bertz CT molecular complexity index is 223. The van der Waals surface area contributed by atoms with Gasteiger partial charge in [0.15, 0.2) is 0 Å². The van der Waals surface area contributed by atoms with Crippen LogP contribution in [-0.4, -0.2) is 51.7 Å². The van der Waals surface area contributed by atoms with E-state index in [1.807, 2.05) is 0 Å². The van der Waals surface area contributed by atoms with E-state index in [1.54, 1.807) is 6.92 Å². The number of urea groups is 1. The number of rotatable bonds is 5. The minimum absolute atomic E-state index is 0.613. The zero-order valence-electron chi connectivity index (χ0n) is 9.51. The highest BCUT2D eigenvalue weighted by molar-refractivity contribution is 5.84. The topological polar surface area (TPSA) is 69.6 Å². The SMILES string of the molecule is CON(OC)C(=O)N=CC(C)(OC)OC. The number of carbonyl (C=O) groups is 1. The van der Waals surface area contributed by atoms with E-state index in [0.29, 0.717) is 5.23 Å². The Labute approximate surface area is 88.5 Å². The smallest absolute Gasteiger partial charge is 0.349 e. The van der Waals surface area contributed by atoms with Gasteiger partial charge in [0.05, 0.1) is 20.4 Å². The number of methoxy groups -OCH3 is 2. The highest BCUT2D eigenvalue weighted by Gasteiger charge is 2.21. The summed E-state index contributed by atoms with van der Waals surface area (Å²) in [6, 6.07) is -0.722. The van der Waals surface area contributed by atoms with E-state index >= 15 is 0 Å². The Kier molecular flexibility index (Phi) is 6.02. The van der Waals surface area contributed by atoms with E-state index in [2.05, 4.69) is 14.7 Å². The van der Waals surface area contributed by atoms with Crippen molar-refractivity contribution in [3.8, 4) is 0 Å². The summed E-state index contributed by atoms with van der Waals surface area (Å²) in [7, 11) is 5.43. The maximum absolute atomic E-state index is 11.3. The minimum Gasteiger partial charge on any atom is -0.349 e. The average molecular weight is 220 g/mol. The van der Waals surface area contributed by atoms with Gasteiger partial charge in [-0.3, -0.25) is 0 Å². The van der Waals surface area contributed by atoms with Crippen molar-refractivity contribution in [3.05, 3.63) is 0 Å². The van der Waals surface area contributed by atoms with E-state index in [9.17, 15) is 4.79 Å². The lowest BCUT2D eigenvalue weighted by Crippen LogP contribution is -2.33. The molecule has 7 nitrogen and oxygen atoms in total. The van der Waals surface area contributed by atoms with Crippen LogP contribution in [0.5, 0.6) is 0 Å². The fourth-order valence-electron chi connectivity index (χ4n) is 0.639. The van der Waals surface area contributed by atoms with Gasteiger partial charge in [-0.15, -0.1) is 0 Å². The van der Waals surface area contributed by atoms with Crippen LogP contribution >= 0.6 is 0 Å². The highest BCUT2D eigenvalue weighted by Crippen LogP contribution is 2.06. The fourth-order valence-corrected chi connectivity index (χ4v) is 0.639. The number of amides is 2.